The van der Waals surface area contributed by atoms with E-state index in [4.69, 9.17) is 4.74 Å². The second-order valence-corrected chi connectivity index (χ2v) is 7.30. The van der Waals surface area contributed by atoms with Crippen molar-refractivity contribution in [2.75, 3.05) is 50.1 Å². The molecule has 0 spiro atoms. The number of carbonyl (C=O) groups excluding carboxylic acids is 1. The Bertz CT molecular complexity index is 881. The molecule has 2 aromatic carbocycles. The number of aliphatic carboxylic acids is 1. The van der Waals surface area contributed by atoms with Crippen molar-refractivity contribution in [3.63, 3.8) is 0 Å². The molecular formula is C22H27N3O5. The van der Waals surface area contributed by atoms with Crippen LogP contribution < -0.4 is 15.0 Å². The lowest BCUT2D eigenvalue weighted by Crippen LogP contribution is -2.49. The second-order valence-electron chi connectivity index (χ2n) is 7.30. The van der Waals surface area contributed by atoms with Gasteiger partial charge in [-0.1, -0.05) is 18.2 Å². The summed E-state index contributed by atoms with van der Waals surface area (Å²) in [6.07, 6.45) is -0.127. The molecule has 0 bridgehead atoms. The number of rotatable bonds is 8. The van der Waals surface area contributed by atoms with Gasteiger partial charge in [-0.2, -0.15) is 0 Å². The first-order valence-corrected chi connectivity index (χ1v) is 9.88. The quantitative estimate of drug-likeness (QED) is 0.610. The maximum absolute atomic E-state index is 12.3. The molecule has 1 saturated heterocycles. The summed E-state index contributed by atoms with van der Waals surface area (Å²) in [7, 11) is 1.65. The summed E-state index contributed by atoms with van der Waals surface area (Å²) in [5.74, 6) is -1.33. The molecule has 1 fully saturated rings. The van der Waals surface area contributed by atoms with E-state index in [9.17, 15) is 19.8 Å². The maximum atomic E-state index is 12.3. The lowest BCUT2D eigenvalue weighted by Gasteiger charge is -2.37. The molecule has 1 aliphatic rings. The normalized spacial score (nSPS) is 15.4. The predicted octanol–water partition coefficient (Wildman–Crippen LogP) is 2.25. The Labute approximate surface area is 175 Å². The Hall–Kier alpha value is -3.26. The topological polar surface area (TPSA) is 102 Å². The number of ether oxygens (including phenoxy) is 1. The average Bonchev–Trinajstić information content (AvgIpc) is 2.73. The number of carboxylic acid groups (broad SMARTS) is 1. The van der Waals surface area contributed by atoms with Crippen molar-refractivity contribution in [2.45, 2.75) is 6.42 Å². The molecule has 30 heavy (non-hydrogen) atoms. The van der Waals surface area contributed by atoms with Crippen LogP contribution >= 0.6 is 0 Å². The molecule has 8 nitrogen and oxygen atoms in total. The summed E-state index contributed by atoms with van der Waals surface area (Å²) in [6.45, 7) is 3.22. The van der Waals surface area contributed by atoms with Crippen LogP contribution in [-0.2, 0) is 9.59 Å². The van der Waals surface area contributed by atoms with Crippen LogP contribution in [0.2, 0.25) is 0 Å². The van der Waals surface area contributed by atoms with E-state index in [1.165, 1.54) is 12.1 Å². The number of carboxylic acids is 1. The lowest BCUT2D eigenvalue weighted by atomic mass is 10.0. The van der Waals surface area contributed by atoms with Gasteiger partial charge in [0, 0.05) is 50.9 Å². The van der Waals surface area contributed by atoms with E-state index >= 15 is 0 Å². The highest BCUT2D eigenvalue weighted by Crippen LogP contribution is 2.28. The van der Waals surface area contributed by atoms with Crippen LogP contribution in [0.5, 0.6) is 11.5 Å². The molecule has 1 atom stereocenters. The van der Waals surface area contributed by atoms with E-state index in [1.54, 1.807) is 19.2 Å². The number of aromatic hydroxyl groups is 1. The minimum Gasteiger partial charge on any atom is -0.508 e. The molecule has 8 heteroatoms. The Kier molecular flexibility index (Phi) is 7.13. The van der Waals surface area contributed by atoms with Gasteiger partial charge >= 0.3 is 5.97 Å². The molecule has 3 rings (SSSR count). The molecule has 0 aromatic heterocycles. The number of phenolic OH excluding ortho intramolecular Hbond substituents is 1. The SMILES string of the molecule is COc1ccccc1N1CCN(C[C@H](CC(=O)Nc2cccc(O)c2)C(=O)O)CC1. The number of methoxy groups -OCH3 is 1. The molecule has 1 heterocycles. The van der Waals surface area contributed by atoms with E-state index in [0.29, 0.717) is 25.3 Å². The predicted molar refractivity (Wildman–Crippen MR) is 114 cm³/mol. The van der Waals surface area contributed by atoms with Crippen LogP contribution in [0.4, 0.5) is 11.4 Å². The zero-order valence-electron chi connectivity index (χ0n) is 17.0. The van der Waals surface area contributed by atoms with Gasteiger partial charge in [-0.05, 0) is 24.3 Å². The molecule has 0 aliphatic carbocycles. The number of benzene rings is 2. The highest BCUT2D eigenvalue weighted by molar-refractivity contribution is 5.93. The van der Waals surface area contributed by atoms with Crippen LogP contribution in [0.1, 0.15) is 6.42 Å². The van der Waals surface area contributed by atoms with Gasteiger partial charge in [0.25, 0.3) is 0 Å². The molecule has 0 radical (unpaired) electrons. The number of piperazine rings is 1. The molecular weight excluding hydrogens is 386 g/mol. The third-order valence-corrected chi connectivity index (χ3v) is 5.19. The van der Waals surface area contributed by atoms with Crippen molar-refractivity contribution in [1.29, 1.82) is 0 Å². The molecule has 1 aliphatic heterocycles. The summed E-state index contributed by atoms with van der Waals surface area (Å²) in [5.41, 5.74) is 1.47. The number of nitrogens with one attached hydrogen (secondary N) is 1. The second kappa shape index (κ2) is 9.98. The van der Waals surface area contributed by atoms with Crippen molar-refractivity contribution in [2.24, 2.45) is 5.92 Å². The highest BCUT2D eigenvalue weighted by atomic mass is 16.5. The largest absolute Gasteiger partial charge is 0.508 e. The van der Waals surface area contributed by atoms with E-state index in [1.807, 2.05) is 24.3 Å². The smallest absolute Gasteiger partial charge is 0.308 e. The van der Waals surface area contributed by atoms with E-state index in [2.05, 4.69) is 15.1 Å². The third kappa shape index (κ3) is 5.64. The number of phenols is 1. The summed E-state index contributed by atoms with van der Waals surface area (Å²) in [5, 5.41) is 21.7. The van der Waals surface area contributed by atoms with Crippen molar-refractivity contribution in [3.05, 3.63) is 48.5 Å². The van der Waals surface area contributed by atoms with Crippen LogP contribution in [0.3, 0.4) is 0 Å². The van der Waals surface area contributed by atoms with Gasteiger partial charge < -0.3 is 25.2 Å². The molecule has 0 saturated carbocycles. The van der Waals surface area contributed by atoms with Crippen LogP contribution in [0.25, 0.3) is 0 Å². The molecule has 1 amide bonds. The standard InChI is InChI=1S/C22H27N3O5/c1-30-20-8-3-2-7-19(20)25-11-9-24(10-12-25)15-16(22(28)29)13-21(27)23-17-5-4-6-18(26)14-17/h2-8,14,16,26H,9-13,15H2,1H3,(H,23,27)(H,28,29)/t16-/m0/s1. The fraction of sp³-hybridized carbons (Fsp3) is 0.364. The maximum Gasteiger partial charge on any atom is 0.308 e. The van der Waals surface area contributed by atoms with Crippen LogP contribution in [0, 0.1) is 5.92 Å². The van der Waals surface area contributed by atoms with Gasteiger partial charge in [-0.15, -0.1) is 0 Å². The summed E-state index contributed by atoms with van der Waals surface area (Å²) < 4.78 is 5.43. The van der Waals surface area contributed by atoms with Gasteiger partial charge in [0.1, 0.15) is 11.5 Å². The monoisotopic (exact) mass is 413 g/mol. The first-order valence-electron chi connectivity index (χ1n) is 9.88. The zero-order chi connectivity index (χ0) is 21.5. The fourth-order valence-corrected chi connectivity index (χ4v) is 3.62. The van der Waals surface area contributed by atoms with Gasteiger partial charge in [0.15, 0.2) is 0 Å². The lowest BCUT2D eigenvalue weighted by molar-refractivity contribution is -0.144. The Morgan fingerprint density at radius 1 is 1.10 bits per heavy atom. The number of carbonyl (C=O) groups is 2. The molecule has 160 valence electrons. The number of para-hydroxylation sites is 2. The highest BCUT2D eigenvalue weighted by Gasteiger charge is 2.27. The molecule has 3 N–H and O–H groups in total. The van der Waals surface area contributed by atoms with Gasteiger partial charge in [0.05, 0.1) is 18.7 Å². The summed E-state index contributed by atoms with van der Waals surface area (Å²) in [4.78, 5) is 28.3. The first-order chi connectivity index (χ1) is 14.5. The van der Waals surface area contributed by atoms with Crippen LogP contribution in [0.15, 0.2) is 48.5 Å². The molecule has 2 aromatic rings. The fourth-order valence-electron chi connectivity index (χ4n) is 3.62. The average molecular weight is 413 g/mol. The summed E-state index contributed by atoms with van der Waals surface area (Å²) >= 11 is 0. The number of amides is 1. The van der Waals surface area contributed by atoms with Crippen molar-refractivity contribution >= 4 is 23.3 Å². The summed E-state index contributed by atoms with van der Waals surface area (Å²) in [6, 6.07) is 14.0. The third-order valence-electron chi connectivity index (χ3n) is 5.19. The Morgan fingerprint density at radius 2 is 1.83 bits per heavy atom. The van der Waals surface area contributed by atoms with E-state index < -0.39 is 11.9 Å². The van der Waals surface area contributed by atoms with Crippen molar-refractivity contribution in [3.8, 4) is 11.5 Å². The van der Waals surface area contributed by atoms with E-state index in [0.717, 1.165) is 24.5 Å². The Balaban J connectivity index is 1.53. The number of anilines is 2. The van der Waals surface area contributed by atoms with Crippen molar-refractivity contribution in [1.82, 2.24) is 4.90 Å². The van der Waals surface area contributed by atoms with Gasteiger partial charge in [-0.25, -0.2) is 0 Å². The van der Waals surface area contributed by atoms with Gasteiger partial charge in [0.2, 0.25) is 5.91 Å². The number of hydrogen-bond donors (Lipinski definition) is 3. The van der Waals surface area contributed by atoms with Gasteiger partial charge in [-0.3, -0.25) is 14.5 Å². The molecule has 0 unspecified atom stereocenters. The minimum absolute atomic E-state index is 0.0375. The van der Waals surface area contributed by atoms with Crippen LogP contribution in [-0.4, -0.2) is 66.8 Å². The number of nitrogens with zero attached hydrogens (tertiary/aromatic N) is 2. The Morgan fingerprint density at radius 3 is 2.50 bits per heavy atom. The zero-order valence-corrected chi connectivity index (χ0v) is 17.0. The minimum atomic E-state index is -0.992. The first kappa shape index (κ1) is 21.4. The van der Waals surface area contributed by atoms with E-state index in [-0.39, 0.29) is 18.1 Å². The number of hydrogen-bond acceptors (Lipinski definition) is 6. The van der Waals surface area contributed by atoms with Crippen molar-refractivity contribution < 1.29 is 24.5 Å².